The van der Waals surface area contributed by atoms with Gasteiger partial charge in [0.2, 0.25) is 15.9 Å². The van der Waals surface area contributed by atoms with Crippen molar-refractivity contribution >= 4 is 45.1 Å². The first-order chi connectivity index (χ1) is 18.8. The predicted octanol–water partition coefficient (Wildman–Crippen LogP) is 6.07. The summed E-state index contributed by atoms with van der Waals surface area (Å²) < 4.78 is 32.7. The number of benzene rings is 2. The molecule has 2 aromatic carbocycles. The van der Waals surface area contributed by atoms with Gasteiger partial charge in [0.15, 0.2) is 0 Å². The topological polar surface area (TPSA) is 84.0 Å². The van der Waals surface area contributed by atoms with Gasteiger partial charge in [0.1, 0.15) is 0 Å². The van der Waals surface area contributed by atoms with E-state index in [4.69, 9.17) is 27.9 Å². The van der Waals surface area contributed by atoms with Crippen LogP contribution < -0.4 is 0 Å². The van der Waals surface area contributed by atoms with E-state index in [2.05, 4.69) is 0 Å². The number of rotatable bonds is 10. The number of carbonyl (C=O) groups is 2. The maximum absolute atomic E-state index is 14.7. The van der Waals surface area contributed by atoms with Gasteiger partial charge in [-0.05, 0) is 68.0 Å². The van der Waals surface area contributed by atoms with Crippen molar-refractivity contribution < 1.29 is 22.7 Å². The van der Waals surface area contributed by atoms with E-state index < -0.39 is 39.4 Å². The fourth-order valence-electron chi connectivity index (χ4n) is 5.99. The Morgan fingerprint density at radius 2 is 1.77 bits per heavy atom. The Morgan fingerprint density at radius 3 is 2.33 bits per heavy atom. The Kier molecular flexibility index (Phi) is 9.25. The molecular formula is C30H38Cl2N2O5S. The van der Waals surface area contributed by atoms with Gasteiger partial charge in [-0.3, -0.25) is 9.59 Å². The van der Waals surface area contributed by atoms with Crippen molar-refractivity contribution in [2.45, 2.75) is 69.7 Å². The molecule has 2 aliphatic rings. The van der Waals surface area contributed by atoms with E-state index >= 15 is 0 Å². The van der Waals surface area contributed by atoms with Crippen molar-refractivity contribution in [1.82, 2.24) is 9.21 Å². The summed E-state index contributed by atoms with van der Waals surface area (Å²) in [7, 11) is -0.548. The van der Waals surface area contributed by atoms with Gasteiger partial charge in [-0.25, -0.2) is 12.7 Å². The van der Waals surface area contributed by atoms with Crippen LogP contribution in [0.2, 0.25) is 10.0 Å². The summed E-state index contributed by atoms with van der Waals surface area (Å²) in [5.41, 5.74) is 0.702. The molecule has 4 rings (SSSR count). The minimum Gasteiger partial charge on any atom is -0.469 e. The number of sulfonamides is 1. The van der Waals surface area contributed by atoms with Crippen molar-refractivity contribution in [3.63, 3.8) is 0 Å². The Bertz CT molecular complexity index is 1350. The van der Waals surface area contributed by atoms with E-state index in [9.17, 15) is 18.0 Å². The second-order valence-electron chi connectivity index (χ2n) is 11.3. The summed E-state index contributed by atoms with van der Waals surface area (Å²) in [6, 6.07) is 14.1. The minimum absolute atomic E-state index is 0.149. The quantitative estimate of drug-likeness (QED) is 0.306. The van der Waals surface area contributed by atoms with Gasteiger partial charge in [0.25, 0.3) is 0 Å². The number of hydrogen-bond acceptors (Lipinski definition) is 5. The Morgan fingerprint density at radius 1 is 1.12 bits per heavy atom. The molecule has 10 heteroatoms. The lowest BCUT2D eigenvalue weighted by atomic mass is 9.63. The van der Waals surface area contributed by atoms with Crippen molar-refractivity contribution in [2.75, 3.05) is 20.7 Å². The summed E-state index contributed by atoms with van der Waals surface area (Å²) in [6.07, 6.45) is 2.21. The van der Waals surface area contributed by atoms with Crippen LogP contribution in [0.4, 0.5) is 0 Å². The van der Waals surface area contributed by atoms with E-state index in [1.54, 1.807) is 32.2 Å². The number of piperidine rings is 1. The maximum atomic E-state index is 14.7. The van der Waals surface area contributed by atoms with Gasteiger partial charge in [-0.1, -0.05) is 61.3 Å². The molecule has 1 amide bonds. The second kappa shape index (κ2) is 12.0. The number of likely N-dealkylation sites (N-methyl/N-ethyl adjacent to an activating group) is 1. The third-order valence-electron chi connectivity index (χ3n) is 8.76. The number of halogens is 2. The lowest BCUT2D eigenvalue weighted by Crippen LogP contribution is -2.60. The van der Waals surface area contributed by atoms with Gasteiger partial charge in [0.05, 0.1) is 29.7 Å². The van der Waals surface area contributed by atoms with Gasteiger partial charge >= 0.3 is 5.97 Å². The molecule has 1 saturated heterocycles. The maximum Gasteiger partial charge on any atom is 0.309 e. The number of hydrogen-bond donors (Lipinski definition) is 0. The highest BCUT2D eigenvalue weighted by molar-refractivity contribution is 7.90. The zero-order valence-corrected chi connectivity index (χ0v) is 26.0. The third kappa shape index (κ3) is 5.91. The Balaban J connectivity index is 1.89. The molecule has 5 atom stereocenters. The molecule has 0 bridgehead atoms. The molecule has 1 unspecified atom stereocenters. The Labute approximate surface area is 247 Å². The molecular weight excluding hydrogens is 571 g/mol. The fourth-order valence-corrected chi connectivity index (χ4v) is 7.93. The summed E-state index contributed by atoms with van der Waals surface area (Å²) in [6.45, 7) is 5.65. The molecule has 1 aliphatic carbocycles. The van der Waals surface area contributed by atoms with Crippen LogP contribution >= 0.6 is 23.2 Å². The summed E-state index contributed by atoms with van der Waals surface area (Å²) in [5.74, 6) is -1.64. The number of methoxy groups -OCH3 is 1. The molecule has 0 radical (unpaired) electrons. The molecule has 1 aliphatic heterocycles. The molecule has 1 saturated carbocycles. The van der Waals surface area contributed by atoms with Crippen LogP contribution in [-0.2, 0) is 24.3 Å². The smallest absolute Gasteiger partial charge is 0.309 e. The van der Waals surface area contributed by atoms with Gasteiger partial charge in [0, 0.05) is 35.6 Å². The number of nitrogens with zero attached hydrogens (tertiary/aromatic N) is 2. The van der Waals surface area contributed by atoms with E-state index in [0.717, 1.165) is 11.1 Å². The Hall–Kier alpha value is -2.13. The van der Waals surface area contributed by atoms with Crippen molar-refractivity contribution in [2.24, 2.45) is 11.3 Å². The fraction of sp³-hybridized carbons (Fsp3) is 0.533. The lowest BCUT2D eigenvalue weighted by Gasteiger charge is -2.53. The molecule has 40 heavy (non-hydrogen) atoms. The number of amides is 1. The zero-order valence-electron chi connectivity index (χ0n) is 23.6. The summed E-state index contributed by atoms with van der Waals surface area (Å²) in [5, 5.41) is 0.784. The van der Waals surface area contributed by atoms with Gasteiger partial charge in [-0.15, -0.1) is 0 Å². The standard InChI is InChI=1S/C30H38Cl2N2O5S/c1-6-24(18-33(4)40(37,38)25-14-15-25)34-27(20-10-12-22(31)13-11-20)26(21-8-7-9-23(32)16-21)17-30(3,29(34)36)19(2)28(35)39-5/h7-13,16,19,24-27H,6,14-15,17-18H2,1-5H3/t19?,24-,26+,27+,30-/m0/s1. The molecule has 0 N–H and O–H groups in total. The summed E-state index contributed by atoms with van der Waals surface area (Å²) in [4.78, 5) is 29.4. The van der Waals surface area contributed by atoms with Crippen molar-refractivity contribution in [3.8, 4) is 0 Å². The number of carbonyl (C=O) groups excluding carboxylic acids is 2. The molecule has 1 heterocycles. The second-order valence-corrected chi connectivity index (χ2v) is 14.5. The van der Waals surface area contributed by atoms with E-state index in [1.165, 1.54) is 11.4 Å². The molecule has 2 aromatic rings. The van der Waals surface area contributed by atoms with Crippen molar-refractivity contribution in [1.29, 1.82) is 0 Å². The van der Waals surface area contributed by atoms with Crippen LogP contribution in [0.3, 0.4) is 0 Å². The highest BCUT2D eigenvalue weighted by atomic mass is 35.5. The first-order valence-corrected chi connectivity index (χ1v) is 16.0. The monoisotopic (exact) mass is 608 g/mol. The van der Waals surface area contributed by atoms with Crippen LogP contribution in [0.5, 0.6) is 0 Å². The normalized spacial score (nSPS) is 25.1. The van der Waals surface area contributed by atoms with E-state index in [0.29, 0.717) is 35.7 Å². The third-order valence-corrected chi connectivity index (χ3v) is 11.6. The van der Waals surface area contributed by atoms with Crippen LogP contribution in [0.25, 0.3) is 0 Å². The first-order valence-electron chi connectivity index (χ1n) is 13.7. The number of esters is 1. The molecule has 7 nitrogen and oxygen atoms in total. The van der Waals surface area contributed by atoms with Crippen LogP contribution in [0, 0.1) is 11.3 Å². The lowest BCUT2D eigenvalue weighted by molar-refractivity contribution is -0.168. The number of likely N-dealkylation sites (tertiary alicyclic amines) is 1. The molecule has 2 fully saturated rings. The van der Waals surface area contributed by atoms with E-state index in [1.807, 2.05) is 49.1 Å². The predicted molar refractivity (Wildman–Crippen MR) is 158 cm³/mol. The highest BCUT2D eigenvalue weighted by Crippen LogP contribution is 2.53. The molecule has 218 valence electrons. The molecule has 0 spiro atoms. The van der Waals surface area contributed by atoms with Crippen molar-refractivity contribution in [3.05, 3.63) is 69.7 Å². The number of ether oxygens (including phenoxy) is 1. The van der Waals surface area contributed by atoms with Crippen LogP contribution in [-0.4, -0.2) is 61.5 Å². The van der Waals surface area contributed by atoms with Crippen LogP contribution in [0.1, 0.15) is 69.5 Å². The SMILES string of the molecule is CC[C@@H](CN(C)S(=O)(=O)C1CC1)N1C(=O)[C@](C)(C(C)C(=O)OC)C[C@H](c2cccc(Cl)c2)[C@H]1c1ccc(Cl)cc1. The zero-order chi connectivity index (χ0) is 29.4. The first kappa shape index (κ1) is 30.8. The summed E-state index contributed by atoms with van der Waals surface area (Å²) >= 11 is 12.7. The van der Waals surface area contributed by atoms with Gasteiger partial charge in [-0.2, -0.15) is 0 Å². The van der Waals surface area contributed by atoms with Crippen LogP contribution in [0.15, 0.2) is 48.5 Å². The minimum atomic E-state index is -3.46. The average Bonchev–Trinajstić information content (AvgIpc) is 3.79. The van der Waals surface area contributed by atoms with E-state index in [-0.39, 0.29) is 23.6 Å². The largest absolute Gasteiger partial charge is 0.469 e. The van der Waals surface area contributed by atoms with Gasteiger partial charge < -0.3 is 9.64 Å². The molecule has 0 aromatic heterocycles. The highest BCUT2D eigenvalue weighted by Gasteiger charge is 2.55. The average molecular weight is 610 g/mol.